The molecule has 18 heavy (non-hydrogen) atoms. The lowest BCUT2D eigenvalue weighted by atomic mass is 10.1. The van der Waals surface area contributed by atoms with Gasteiger partial charge >= 0.3 is 0 Å². The topological polar surface area (TPSA) is 90.9 Å². The highest BCUT2D eigenvalue weighted by molar-refractivity contribution is 5.98. The van der Waals surface area contributed by atoms with E-state index in [-0.39, 0.29) is 12.4 Å². The van der Waals surface area contributed by atoms with Gasteiger partial charge in [0.15, 0.2) is 5.84 Å². The third-order valence-corrected chi connectivity index (χ3v) is 2.33. The molecule has 1 rings (SSSR count). The van der Waals surface area contributed by atoms with Crippen LogP contribution in [0.15, 0.2) is 29.4 Å². The second kappa shape index (κ2) is 6.27. The van der Waals surface area contributed by atoms with Crippen molar-refractivity contribution in [2.45, 2.75) is 12.5 Å². The van der Waals surface area contributed by atoms with Gasteiger partial charge in [0, 0.05) is 12.1 Å². The number of alkyl halides is 2. The Bertz CT molecular complexity index is 425. The van der Waals surface area contributed by atoms with E-state index in [1.807, 2.05) is 0 Å². The van der Waals surface area contributed by atoms with Crippen molar-refractivity contribution in [3.63, 3.8) is 0 Å². The largest absolute Gasteiger partial charge is 0.409 e. The monoisotopic (exact) mass is 259 g/mol. The molecule has 0 fully saturated rings. The molecular formula is C11H15F2N3O2. The van der Waals surface area contributed by atoms with Gasteiger partial charge in [-0.3, -0.25) is 0 Å². The molecule has 0 amide bonds. The maximum atomic E-state index is 12.8. The number of nitrogens with zero attached hydrogens (tertiary/aromatic N) is 1. The van der Waals surface area contributed by atoms with Gasteiger partial charge in [0.05, 0.1) is 6.54 Å². The van der Waals surface area contributed by atoms with Gasteiger partial charge in [0.2, 0.25) is 0 Å². The van der Waals surface area contributed by atoms with Crippen molar-refractivity contribution in [3.8, 4) is 0 Å². The van der Waals surface area contributed by atoms with Crippen molar-refractivity contribution in [2.24, 2.45) is 10.9 Å². The lowest BCUT2D eigenvalue weighted by Gasteiger charge is -2.15. The van der Waals surface area contributed by atoms with Crippen LogP contribution in [0.25, 0.3) is 0 Å². The Morgan fingerprint density at radius 3 is 2.67 bits per heavy atom. The quantitative estimate of drug-likeness (QED) is 0.259. The molecule has 5 N–H and O–H groups in total. The third kappa shape index (κ3) is 3.94. The highest BCUT2D eigenvalue weighted by Crippen LogP contribution is 2.12. The SMILES string of the molecule is N/C(=N/O)c1ccccc1CNCC(F)(F)CO. The van der Waals surface area contributed by atoms with Gasteiger partial charge in [-0.25, -0.2) is 8.78 Å². The fourth-order valence-corrected chi connectivity index (χ4v) is 1.41. The molecule has 0 aliphatic carbocycles. The molecule has 1 aromatic rings. The van der Waals surface area contributed by atoms with Gasteiger partial charge in [-0.05, 0) is 5.56 Å². The number of aliphatic hydroxyl groups is 1. The number of aliphatic hydroxyl groups excluding tert-OH is 1. The lowest BCUT2D eigenvalue weighted by Crippen LogP contribution is -2.35. The van der Waals surface area contributed by atoms with Crippen molar-refractivity contribution in [1.82, 2.24) is 5.32 Å². The highest BCUT2D eigenvalue weighted by Gasteiger charge is 2.26. The van der Waals surface area contributed by atoms with Gasteiger partial charge in [-0.1, -0.05) is 29.4 Å². The Labute approximate surface area is 103 Å². The Balaban J connectivity index is 2.68. The summed E-state index contributed by atoms with van der Waals surface area (Å²) in [6, 6.07) is 6.71. The average Bonchev–Trinajstić information content (AvgIpc) is 2.38. The van der Waals surface area contributed by atoms with Crippen LogP contribution in [0.4, 0.5) is 8.78 Å². The first-order chi connectivity index (χ1) is 8.50. The van der Waals surface area contributed by atoms with Gasteiger partial charge in [-0.2, -0.15) is 0 Å². The number of nitrogens with two attached hydrogens (primary N) is 1. The van der Waals surface area contributed by atoms with E-state index in [2.05, 4.69) is 10.5 Å². The molecule has 0 heterocycles. The van der Waals surface area contributed by atoms with E-state index >= 15 is 0 Å². The summed E-state index contributed by atoms with van der Waals surface area (Å²) in [5.74, 6) is -3.24. The van der Waals surface area contributed by atoms with Crippen LogP contribution >= 0.6 is 0 Å². The van der Waals surface area contributed by atoms with Crippen LogP contribution < -0.4 is 11.1 Å². The molecule has 1 aromatic carbocycles. The van der Waals surface area contributed by atoms with Crippen LogP contribution in [0, 0.1) is 0 Å². The smallest absolute Gasteiger partial charge is 0.282 e. The van der Waals surface area contributed by atoms with E-state index in [4.69, 9.17) is 16.0 Å². The fourth-order valence-electron chi connectivity index (χ4n) is 1.41. The number of nitrogens with one attached hydrogen (secondary N) is 1. The third-order valence-electron chi connectivity index (χ3n) is 2.33. The second-order valence-corrected chi connectivity index (χ2v) is 3.76. The zero-order valence-corrected chi connectivity index (χ0v) is 9.61. The summed E-state index contributed by atoms with van der Waals surface area (Å²) in [5, 5.41) is 22.4. The van der Waals surface area contributed by atoms with Gasteiger partial charge in [0.25, 0.3) is 5.92 Å². The lowest BCUT2D eigenvalue weighted by molar-refractivity contribution is -0.0477. The predicted octanol–water partition coefficient (Wildman–Crippen LogP) is 0.498. The van der Waals surface area contributed by atoms with Gasteiger partial charge in [-0.15, -0.1) is 0 Å². The first kappa shape index (κ1) is 14.3. The minimum atomic E-state index is -3.16. The summed E-state index contributed by atoms with van der Waals surface area (Å²) in [6.07, 6.45) is 0. The molecule has 0 saturated carbocycles. The molecule has 0 saturated heterocycles. The van der Waals surface area contributed by atoms with Crippen molar-refractivity contribution < 1.29 is 19.1 Å². The van der Waals surface area contributed by atoms with E-state index in [1.54, 1.807) is 24.3 Å². The highest BCUT2D eigenvalue weighted by atomic mass is 19.3. The van der Waals surface area contributed by atoms with Crippen molar-refractivity contribution in [3.05, 3.63) is 35.4 Å². The summed E-state index contributed by atoms with van der Waals surface area (Å²) in [6.45, 7) is -1.72. The van der Waals surface area contributed by atoms with Crippen LogP contribution in [0.1, 0.15) is 11.1 Å². The van der Waals surface area contributed by atoms with E-state index < -0.39 is 19.1 Å². The molecule has 5 nitrogen and oxygen atoms in total. The summed E-state index contributed by atoms with van der Waals surface area (Å²) in [4.78, 5) is 0. The second-order valence-electron chi connectivity index (χ2n) is 3.76. The Morgan fingerprint density at radius 2 is 2.06 bits per heavy atom. The van der Waals surface area contributed by atoms with E-state index in [0.29, 0.717) is 11.1 Å². The standard InChI is InChI=1S/C11H15F2N3O2/c12-11(13,7-17)6-15-5-8-3-1-2-4-9(8)10(14)16-18/h1-4,15,17-18H,5-7H2,(H2,14,16). The summed E-state index contributed by atoms with van der Waals surface area (Å²) < 4.78 is 25.6. The maximum Gasteiger partial charge on any atom is 0.282 e. The Kier molecular flexibility index (Phi) is 4.99. The molecule has 0 radical (unpaired) electrons. The van der Waals surface area contributed by atoms with E-state index in [9.17, 15) is 8.78 Å². The average molecular weight is 259 g/mol. The van der Waals surface area contributed by atoms with Crippen molar-refractivity contribution >= 4 is 5.84 Å². The van der Waals surface area contributed by atoms with Gasteiger partial charge < -0.3 is 21.4 Å². The van der Waals surface area contributed by atoms with Crippen molar-refractivity contribution in [1.29, 1.82) is 0 Å². The van der Waals surface area contributed by atoms with Gasteiger partial charge in [0.1, 0.15) is 6.61 Å². The first-order valence-corrected chi connectivity index (χ1v) is 5.25. The normalized spacial score (nSPS) is 12.7. The minimum absolute atomic E-state index is 0.0821. The van der Waals surface area contributed by atoms with E-state index in [1.165, 1.54) is 0 Å². The first-order valence-electron chi connectivity index (χ1n) is 5.25. The van der Waals surface area contributed by atoms with Crippen LogP contribution in [-0.4, -0.2) is 35.2 Å². The zero-order chi connectivity index (χ0) is 13.6. The van der Waals surface area contributed by atoms with Crippen LogP contribution in [0.5, 0.6) is 0 Å². The molecule has 100 valence electrons. The molecule has 0 unspecified atom stereocenters. The molecule has 0 atom stereocenters. The van der Waals surface area contributed by atoms with Crippen LogP contribution in [0.3, 0.4) is 0 Å². The number of benzene rings is 1. The number of rotatable bonds is 6. The predicted molar refractivity (Wildman–Crippen MR) is 62.7 cm³/mol. The molecule has 0 spiro atoms. The number of oxime groups is 1. The van der Waals surface area contributed by atoms with Crippen LogP contribution in [-0.2, 0) is 6.54 Å². The molecular weight excluding hydrogens is 244 g/mol. The summed E-state index contributed by atoms with van der Waals surface area (Å²) in [5.41, 5.74) is 6.56. The maximum absolute atomic E-state index is 12.8. The van der Waals surface area contributed by atoms with Crippen molar-refractivity contribution in [2.75, 3.05) is 13.2 Å². The fraction of sp³-hybridized carbons (Fsp3) is 0.364. The molecule has 0 bridgehead atoms. The summed E-state index contributed by atoms with van der Waals surface area (Å²) in [7, 11) is 0. The molecule has 0 aromatic heterocycles. The molecule has 0 aliphatic rings. The minimum Gasteiger partial charge on any atom is -0.409 e. The Morgan fingerprint density at radius 1 is 1.39 bits per heavy atom. The summed E-state index contributed by atoms with van der Waals surface area (Å²) >= 11 is 0. The number of halogens is 2. The molecule has 7 heteroatoms. The Hall–Kier alpha value is -1.73. The van der Waals surface area contributed by atoms with E-state index in [0.717, 1.165) is 0 Å². The zero-order valence-electron chi connectivity index (χ0n) is 9.61. The molecule has 0 aliphatic heterocycles. The number of amidine groups is 1. The number of hydrogen-bond donors (Lipinski definition) is 4. The number of hydrogen-bond acceptors (Lipinski definition) is 4. The van der Waals surface area contributed by atoms with Crippen LogP contribution in [0.2, 0.25) is 0 Å².